The fourth-order valence-electron chi connectivity index (χ4n) is 3.36. The molecule has 2 aromatic rings. The number of anilines is 1. The highest BCUT2D eigenvalue weighted by molar-refractivity contribution is 7.07. The molecule has 0 bridgehead atoms. The molecule has 10 heteroatoms. The lowest BCUT2D eigenvalue weighted by Gasteiger charge is -2.32. The fraction of sp³-hybridized carbons (Fsp3) is 0.474. The van der Waals surface area contributed by atoms with Gasteiger partial charge in [-0.2, -0.15) is 13.2 Å². The van der Waals surface area contributed by atoms with E-state index in [0.717, 1.165) is 36.5 Å². The predicted molar refractivity (Wildman–Crippen MR) is 103 cm³/mol. The van der Waals surface area contributed by atoms with E-state index in [9.17, 15) is 22.8 Å². The molecule has 0 spiro atoms. The van der Waals surface area contributed by atoms with Gasteiger partial charge in [0.05, 0.1) is 11.3 Å². The van der Waals surface area contributed by atoms with Crippen molar-refractivity contribution in [2.75, 3.05) is 18.4 Å². The van der Waals surface area contributed by atoms with Crippen molar-refractivity contribution >= 4 is 29.0 Å². The van der Waals surface area contributed by atoms with Crippen molar-refractivity contribution < 1.29 is 22.8 Å². The molecule has 6 nitrogen and oxygen atoms in total. The molecule has 0 unspecified atom stereocenters. The molecule has 156 valence electrons. The van der Waals surface area contributed by atoms with Crippen molar-refractivity contribution in [2.45, 2.75) is 38.8 Å². The number of amides is 2. The van der Waals surface area contributed by atoms with E-state index in [1.165, 1.54) is 12.1 Å². The minimum Gasteiger partial charge on any atom is -0.338 e. The predicted octanol–water partition coefficient (Wildman–Crippen LogP) is 4.14. The van der Waals surface area contributed by atoms with Crippen LogP contribution in [0.4, 0.5) is 18.9 Å². The number of aryl methyl sites for hydroxylation is 1. The zero-order valence-corrected chi connectivity index (χ0v) is 16.6. The number of likely N-dealkylation sites (tertiary alicyclic amines) is 1. The summed E-state index contributed by atoms with van der Waals surface area (Å²) < 4.78 is 41.6. The molecule has 29 heavy (non-hydrogen) atoms. The fourth-order valence-corrected chi connectivity index (χ4v) is 3.98. The average Bonchev–Trinajstić information content (AvgIpc) is 3.11. The van der Waals surface area contributed by atoms with Crippen LogP contribution in [-0.2, 0) is 11.0 Å². The van der Waals surface area contributed by atoms with Crippen LogP contribution in [-0.4, -0.2) is 39.4 Å². The number of piperidine rings is 1. The van der Waals surface area contributed by atoms with Gasteiger partial charge in [0.25, 0.3) is 5.91 Å². The first-order chi connectivity index (χ1) is 13.7. The van der Waals surface area contributed by atoms with E-state index in [0.29, 0.717) is 35.8 Å². The van der Waals surface area contributed by atoms with E-state index in [1.54, 1.807) is 11.8 Å². The molecule has 0 saturated carbocycles. The third-order valence-electron chi connectivity index (χ3n) is 4.93. The van der Waals surface area contributed by atoms with Crippen LogP contribution < -0.4 is 5.32 Å². The van der Waals surface area contributed by atoms with Gasteiger partial charge in [0.1, 0.15) is 4.88 Å². The highest BCUT2D eigenvalue weighted by atomic mass is 32.1. The highest BCUT2D eigenvalue weighted by Gasteiger charge is 2.30. The summed E-state index contributed by atoms with van der Waals surface area (Å²) in [6.07, 6.45) is -1.76. The number of nitrogens with zero attached hydrogens (tertiary/aromatic N) is 3. The number of benzene rings is 1. The second-order valence-electron chi connectivity index (χ2n) is 7.11. The van der Waals surface area contributed by atoms with E-state index in [2.05, 4.69) is 14.9 Å². The number of alkyl halides is 3. The molecule has 2 amide bonds. The Morgan fingerprint density at radius 3 is 2.62 bits per heavy atom. The number of carbonyl (C=O) groups excluding carboxylic acids is 2. The SMILES string of the molecule is Cc1nnsc1C(=O)N1CCC[C@@H](CCC(=O)Nc2ccc(C(F)(F)F)cc2)C1. The average molecular weight is 426 g/mol. The largest absolute Gasteiger partial charge is 0.416 e. The van der Waals surface area contributed by atoms with Gasteiger partial charge in [-0.15, -0.1) is 5.10 Å². The third-order valence-corrected chi connectivity index (χ3v) is 5.74. The van der Waals surface area contributed by atoms with Gasteiger partial charge in [-0.3, -0.25) is 9.59 Å². The highest BCUT2D eigenvalue weighted by Crippen LogP contribution is 2.30. The quantitative estimate of drug-likeness (QED) is 0.780. The summed E-state index contributed by atoms with van der Waals surface area (Å²) in [5.41, 5.74) is 0.198. The maximum Gasteiger partial charge on any atom is 0.416 e. The normalized spacial score (nSPS) is 17.2. The number of halogens is 3. The van der Waals surface area contributed by atoms with E-state index in [-0.39, 0.29) is 24.2 Å². The van der Waals surface area contributed by atoms with Crippen molar-refractivity contribution in [1.29, 1.82) is 0 Å². The number of carbonyl (C=O) groups is 2. The summed E-state index contributed by atoms with van der Waals surface area (Å²) in [7, 11) is 0. The number of hydrogen-bond acceptors (Lipinski definition) is 5. The zero-order chi connectivity index (χ0) is 21.0. The van der Waals surface area contributed by atoms with Crippen molar-refractivity contribution in [1.82, 2.24) is 14.5 Å². The van der Waals surface area contributed by atoms with Crippen LogP contribution in [0.15, 0.2) is 24.3 Å². The van der Waals surface area contributed by atoms with Crippen molar-refractivity contribution in [2.24, 2.45) is 5.92 Å². The van der Waals surface area contributed by atoms with Gasteiger partial charge in [-0.05, 0) is 67.9 Å². The molecule has 2 heterocycles. The number of hydrogen-bond donors (Lipinski definition) is 1. The van der Waals surface area contributed by atoms with Gasteiger partial charge in [0.2, 0.25) is 5.91 Å². The Morgan fingerprint density at radius 1 is 1.28 bits per heavy atom. The molecule has 1 aromatic heterocycles. The first-order valence-corrected chi connectivity index (χ1v) is 10.1. The summed E-state index contributed by atoms with van der Waals surface area (Å²) in [5.74, 6) is -0.126. The maximum absolute atomic E-state index is 12.6. The van der Waals surface area contributed by atoms with Crippen molar-refractivity contribution in [3.8, 4) is 0 Å². The first kappa shape index (κ1) is 21.2. The lowest BCUT2D eigenvalue weighted by Crippen LogP contribution is -2.40. The van der Waals surface area contributed by atoms with Crippen LogP contribution in [0.2, 0.25) is 0 Å². The second kappa shape index (κ2) is 8.89. The Morgan fingerprint density at radius 2 is 2.00 bits per heavy atom. The van der Waals surface area contributed by atoms with Crippen LogP contribution in [0.3, 0.4) is 0 Å². The van der Waals surface area contributed by atoms with Crippen LogP contribution in [0.1, 0.15) is 46.6 Å². The zero-order valence-electron chi connectivity index (χ0n) is 15.8. The van der Waals surface area contributed by atoms with Gasteiger partial charge < -0.3 is 10.2 Å². The first-order valence-electron chi connectivity index (χ1n) is 9.29. The van der Waals surface area contributed by atoms with Gasteiger partial charge >= 0.3 is 6.18 Å². The van der Waals surface area contributed by atoms with E-state index in [4.69, 9.17) is 0 Å². The molecule has 0 aliphatic carbocycles. The van der Waals surface area contributed by atoms with Gasteiger partial charge in [-0.25, -0.2) is 0 Å². The van der Waals surface area contributed by atoms with Crippen LogP contribution >= 0.6 is 11.5 Å². The Bertz CT molecular complexity index is 867. The molecule has 1 aliphatic heterocycles. The van der Waals surface area contributed by atoms with E-state index in [1.807, 2.05) is 0 Å². The lowest BCUT2D eigenvalue weighted by molar-refractivity contribution is -0.137. The Hall–Kier alpha value is -2.49. The molecule has 1 N–H and O–H groups in total. The van der Waals surface area contributed by atoms with Crippen molar-refractivity contribution in [3.05, 3.63) is 40.4 Å². The second-order valence-corrected chi connectivity index (χ2v) is 7.86. The maximum atomic E-state index is 12.6. The number of rotatable bonds is 5. The van der Waals surface area contributed by atoms with Crippen LogP contribution in [0.25, 0.3) is 0 Å². The number of aromatic nitrogens is 2. The minimum absolute atomic E-state index is 0.0728. The molecule has 1 saturated heterocycles. The Kier molecular flexibility index (Phi) is 6.51. The summed E-state index contributed by atoms with van der Waals surface area (Å²) in [4.78, 5) is 27.1. The van der Waals surface area contributed by atoms with Gasteiger partial charge in [-0.1, -0.05) is 4.49 Å². The summed E-state index contributed by atoms with van der Waals surface area (Å²) in [5, 5.41) is 6.50. The topological polar surface area (TPSA) is 75.2 Å². The number of nitrogens with one attached hydrogen (secondary N) is 1. The van der Waals surface area contributed by atoms with E-state index >= 15 is 0 Å². The van der Waals surface area contributed by atoms with Crippen molar-refractivity contribution in [3.63, 3.8) is 0 Å². The molecule has 1 atom stereocenters. The van der Waals surface area contributed by atoms with Gasteiger partial charge in [0.15, 0.2) is 0 Å². The van der Waals surface area contributed by atoms with Crippen LogP contribution in [0.5, 0.6) is 0 Å². The summed E-state index contributed by atoms with van der Waals surface area (Å²) in [6, 6.07) is 4.37. The molecular formula is C19H21F3N4O2S. The molecule has 1 aromatic carbocycles. The monoisotopic (exact) mass is 426 g/mol. The minimum atomic E-state index is -4.40. The van der Waals surface area contributed by atoms with Gasteiger partial charge in [0, 0.05) is 25.2 Å². The molecule has 1 fully saturated rings. The third kappa shape index (κ3) is 5.53. The van der Waals surface area contributed by atoms with E-state index < -0.39 is 11.7 Å². The molecule has 0 radical (unpaired) electrons. The molecule has 1 aliphatic rings. The van der Waals surface area contributed by atoms with Crippen LogP contribution in [0, 0.1) is 12.8 Å². The summed E-state index contributed by atoms with van der Waals surface area (Å²) >= 11 is 1.09. The smallest absolute Gasteiger partial charge is 0.338 e. The molecular weight excluding hydrogens is 405 g/mol. The Labute approximate surface area is 170 Å². The standard InChI is InChI=1S/C19H21F3N4O2S/c1-12-17(29-25-24-12)18(28)26-10-2-3-13(11-26)4-9-16(27)23-15-7-5-14(6-8-15)19(20,21)22/h5-8,13H,2-4,9-11H2,1H3,(H,23,27)/t13-/m0/s1. The Balaban J connectivity index is 1.48. The lowest BCUT2D eigenvalue weighted by atomic mass is 9.93. The summed E-state index contributed by atoms with van der Waals surface area (Å²) in [6.45, 7) is 3.00. The molecule has 3 rings (SSSR count).